The quantitative estimate of drug-likeness (QED) is 0.863. The van der Waals surface area contributed by atoms with E-state index in [0.29, 0.717) is 16.4 Å². The monoisotopic (exact) mass is 305 g/mol. The number of hydrogen-bond acceptors (Lipinski definition) is 3. The molecule has 110 valence electrons. The molecule has 1 fully saturated rings. The molecule has 2 N–H and O–H groups in total. The van der Waals surface area contributed by atoms with E-state index in [4.69, 9.17) is 17.3 Å². The van der Waals surface area contributed by atoms with Gasteiger partial charge in [-0.15, -0.1) is 0 Å². The largest absolute Gasteiger partial charge is 0.396 e. The van der Waals surface area contributed by atoms with Gasteiger partial charge in [0.05, 0.1) is 22.1 Å². The lowest BCUT2D eigenvalue weighted by molar-refractivity contribution is 0.598. The molecular formula is C16H17ClFN3. The number of piperazine rings is 1. The molecule has 5 heteroatoms. The second-order valence-electron chi connectivity index (χ2n) is 5.10. The first-order valence-electron chi connectivity index (χ1n) is 6.95. The van der Waals surface area contributed by atoms with Crippen molar-refractivity contribution in [1.29, 1.82) is 0 Å². The molecule has 1 heterocycles. The van der Waals surface area contributed by atoms with E-state index in [1.165, 1.54) is 6.07 Å². The molecule has 2 aromatic carbocycles. The molecule has 1 saturated heterocycles. The summed E-state index contributed by atoms with van der Waals surface area (Å²) in [5.41, 5.74) is 8.26. The van der Waals surface area contributed by atoms with Crippen molar-refractivity contribution in [2.75, 3.05) is 41.7 Å². The van der Waals surface area contributed by atoms with Crippen LogP contribution in [0.25, 0.3) is 0 Å². The molecule has 0 saturated carbocycles. The minimum absolute atomic E-state index is 0.173. The van der Waals surface area contributed by atoms with Crippen molar-refractivity contribution in [3.8, 4) is 0 Å². The summed E-state index contributed by atoms with van der Waals surface area (Å²) < 4.78 is 13.8. The zero-order valence-corrected chi connectivity index (χ0v) is 12.4. The number of nitrogens with two attached hydrogens (primary N) is 1. The van der Waals surface area contributed by atoms with Crippen LogP contribution in [-0.2, 0) is 0 Å². The maximum absolute atomic E-state index is 13.8. The Labute approximate surface area is 128 Å². The van der Waals surface area contributed by atoms with Gasteiger partial charge in [0, 0.05) is 26.2 Å². The van der Waals surface area contributed by atoms with Gasteiger partial charge in [-0.3, -0.25) is 0 Å². The fourth-order valence-corrected chi connectivity index (χ4v) is 2.87. The van der Waals surface area contributed by atoms with E-state index in [1.807, 2.05) is 24.3 Å². The predicted octanol–water partition coefficient (Wildman–Crippen LogP) is 3.39. The predicted molar refractivity (Wildman–Crippen MR) is 86.7 cm³/mol. The molecule has 0 bridgehead atoms. The molecule has 1 aliphatic heterocycles. The van der Waals surface area contributed by atoms with Crippen molar-refractivity contribution < 1.29 is 4.39 Å². The molecule has 3 rings (SSSR count). The average Bonchev–Trinajstić information content (AvgIpc) is 2.51. The summed E-state index contributed by atoms with van der Waals surface area (Å²) in [5, 5.41) is 0.573. The van der Waals surface area contributed by atoms with Crippen molar-refractivity contribution in [2.24, 2.45) is 0 Å². The summed E-state index contributed by atoms with van der Waals surface area (Å²) in [4.78, 5) is 4.26. The van der Waals surface area contributed by atoms with Gasteiger partial charge >= 0.3 is 0 Å². The Balaban J connectivity index is 1.74. The number of nitrogen functional groups attached to an aromatic ring is 1. The summed E-state index contributed by atoms with van der Waals surface area (Å²) in [5.74, 6) is -0.173. The molecular weight excluding hydrogens is 289 g/mol. The minimum atomic E-state index is -0.173. The van der Waals surface area contributed by atoms with Gasteiger partial charge in [-0.05, 0) is 24.3 Å². The van der Waals surface area contributed by atoms with Gasteiger partial charge in [0.1, 0.15) is 5.82 Å². The fraction of sp³-hybridized carbons (Fsp3) is 0.250. The SMILES string of the molecule is Nc1c(Cl)cccc1N1CCN(c2ccccc2F)CC1. The lowest BCUT2D eigenvalue weighted by Crippen LogP contribution is -2.47. The van der Waals surface area contributed by atoms with Crippen LogP contribution in [0.15, 0.2) is 42.5 Å². The third-order valence-corrected chi connectivity index (χ3v) is 4.17. The Kier molecular flexibility index (Phi) is 3.88. The lowest BCUT2D eigenvalue weighted by atomic mass is 10.2. The van der Waals surface area contributed by atoms with Crippen LogP contribution in [0.1, 0.15) is 0 Å². The van der Waals surface area contributed by atoms with Gasteiger partial charge in [-0.1, -0.05) is 29.8 Å². The average molecular weight is 306 g/mol. The van der Waals surface area contributed by atoms with Crippen LogP contribution in [0.4, 0.5) is 21.5 Å². The van der Waals surface area contributed by atoms with E-state index in [-0.39, 0.29) is 5.82 Å². The van der Waals surface area contributed by atoms with Gasteiger partial charge < -0.3 is 15.5 Å². The minimum Gasteiger partial charge on any atom is -0.396 e. The van der Waals surface area contributed by atoms with Crippen LogP contribution in [0.3, 0.4) is 0 Å². The Morgan fingerprint density at radius 3 is 2.10 bits per heavy atom. The maximum atomic E-state index is 13.8. The summed E-state index contributed by atoms with van der Waals surface area (Å²) in [6.07, 6.45) is 0. The summed E-state index contributed by atoms with van der Waals surface area (Å²) >= 11 is 6.07. The van der Waals surface area contributed by atoms with Gasteiger partial charge in [0.2, 0.25) is 0 Å². The van der Waals surface area contributed by atoms with Gasteiger partial charge in [-0.25, -0.2) is 4.39 Å². The number of rotatable bonds is 2. The first-order valence-corrected chi connectivity index (χ1v) is 7.33. The molecule has 0 aliphatic carbocycles. The second kappa shape index (κ2) is 5.82. The van der Waals surface area contributed by atoms with Crippen molar-refractivity contribution in [3.05, 3.63) is 53.3 Å². The number of para-hydroxylation sites is 2. The number of nitrogens with zero attached hydrogens (tertiary/aromatic N) is 2. The maximum Gasteiger partial charge on any atom is 0.146 e. The molecule has 3 nitrogen and oxygen atoms in total. The van der Waals surface area contributed by atoms with E-state index in [2.05, 4.69) is 9.80 Å². The number of halogens is 2. The number of benzene rings is 2. The molecule has 2 aromatic rings. The van der Waals surface area contributed by atoms with Crippen molar-refractivity contribution in [3.63, 3.8) is 0 Å². The van der Waals surface area contributed by atoms with Crippen LogP contribution in [-0.4, -0.2) is 26.2 Å². The molecule has 0 atom stereocenters. The zero-order chi connectivity index (χ0) is 14.8. The van der Waals surface area contributed by atoms with E-state index in [1.54, 1.807) is 12.1 Å². The Morgan fingerprint density at radius 2 is 1.43 bits per heavy atom. The van der Waals surface area contributed by atoms with Gasteiger partial charge in [0.15, 0.2) is 0 Å². The molecule has 0 radical (unpaired) electrons. The van der Waals surface area contributed by atoms with Crippen molar-refractivity contribution >= 4 is 28.7 Å². The highest BCUT2D eigenvalue weighted by Crippen LogP contribution is 2.31. The van der Waals surface area contributed by atoms with Crippen LogP contribution in [0, 0.1) is 5.82 Å². The highest BCUT2D eigenvalue weighted by Gasteiger charge is 2.21. The first-order chi connectivity index (χ1) is 10.2. The summed E-state index contributed by atoms with van der Waals surface area (Å²) in [6.45, 7) is 3.09. The van der Waals surface area contributed by atoms with Gasteiger partial charge in [0.25, 0.3) is 0 Å². The third kappa shape index (κ3) is 2.76. The summed E-state index contributed by atoms with van der Waals surface area (Å²) in [7, 11) is 0. The molecule has 0 amide bonds. The topological polar surface area (TPSA) is 32.5 Å². The molecule has 0 unspecified atom stereocenters. The third-order valence-electron chi connectivity index (χ3n) is 3.84. The highest BCUT2D eigenvalue weighted by atomic mass is 35.5. The fourth-order valence-electron chi connectivity index (χ4n) is 2.70. The Hall–Kier alpha value is -1.94. The van der Waals surface area contributed by atoms with Crippen LogP contribution in [0.5, 0.6) is 0 Å². The van der Waals surface area contributed by atoms with Crippen LogP contribution >= 0.6 is 11.6 Å². The normalized spacial score (nSPS) is 15.3. The lowest BCUT2D eigenvalue weighted by Gasteiger charge is -2.38. The van der Waals surface area contributed by atoms with Crippen LogP contribution < -0.4 is 15.5 Å². The standard InChI is InChI=1S/C16H17ClFN3/c17-12-4-3-7-15(16(12)19)21-10-8-20(9-11-21)14-6-2-1-5-13(14)18/h1-7H,8-11,19H2. The molecule has 21 heavy (non-hydrogen) atoms. The van der Waals surface area contributed by atoms with Crippen molar-refractivity contribution in [2.45, 2.75) is 0 Å². The molecule has 0 spiro atoms. The molecule has 0 aromatic heterocycles. The van der Waals surface area contributed by atoms with Crippen LogP contribution in [0.2, 0.25) is 5.02 Å². The summed E-state index contributed by atoms with van der Waals surface area (Å²) in [6, 6.07) is 12.5. The molecule has 1 aliphatic rings. The van der Waals surface area contributed by atoms with Crippen molar-refractivity contribution in [1.82, 2.24) is 0 Å². The number of anilines is 3. The zero-order valence-electron chi connectivity index (χ0n) is 11.6. The van der Waals surface area contributed by atoms with E-state index in [9.17, 15) is 4.39 Å². The smallest absolute Gasteiger partial charge is 0.146 e. The highest BCUT2D eigenvalue weighted by molar-refractivity contribution is 6.33. The number of hydrogen-bond donors (Lipinski definition) is 1. The van der Waals surface area contributed by atoms with E-state index >= 15 is 0 Å². The van der Waals surface area contributed by atoms with Gasteiger partial charge in [-0.2, -0.15) is 0 Å². The first kappa shape index (κ1) is 14.0. The van der Waals surface area contributed by atoms with E-state index < -0.39 is 0 Å². The second-order valence-corrected chi connectivity index (χ2v) is 5.51. The van der Waals surface area contributed by atoms with E-state index in [0.717, 1.165) is 31.9 Å². The Bertz CT molecular complexity index is 639. The Morgan fingerprint density at radius 1 is 0.857 bits per heavy atom.